The summed E-state index contributed by atoms with van der Waals surface area (Å²) in [5.41, 5.74) is 20.7. The quantitative estimate of drug-likeness (QED) is 0.141. The Morgan fingerprint density at radius 2 is 0.583 bits per heavy atom. The summed E-state index contributed by atoms with van der Waals surface area (Å²) >= 11 is 0. The van der Waals surface area contributed by atoms with E-state index >= 15 is 0 Å². The van der Waals surface area contributed by atoms with E-state index in [1.54, 1.807) is 21.3 Å². The monoisotopic (exact) mass is 1350 g/mol. The minimum Gasteiger partial charge on any atom is -0.311 e. The summed E-state index contributed by atoms with van der Waals surface area (Å²) in [4.78, 5) is 4.79. The zero-order valence-corrected chi connectivity index (χ0v) is 61.2. The van der Waals surface area contributed by atoms with Crippen molar-refractivity contribution in [2.45, 2.75) is 131 Å². The van der Waals surface area contributed by atoms with Gasteiger partial charge in [0.15, 0.2) is 0 Å². The first-order chi connectivity index (χ1) is 55.9. The first kappa shape index (κ1) is 49.7. The second-order valence-corrected chi connectivity index (χ2v) is 33.1. The predicted octanol–water partition coefficient (Wildman–Crippen LogP) is 25.1. The van der Waals surface area contributed by atoms with Crippen molar-refractivity contribution >= 4 is 101 Å². The fourth-order valence-corrected chi connectivity index (χ4v) is 15.4. The summed E-state index contributed by atoms with van der Waals surface area (Å²) < 4.78 is 150. The fourth-order valence-electron chi connectivity index (χ4n) is 15.4. The van der Waals surface area contributed by atoms with Crippen LogP contribution in [0.15, 0.2) is 279 Å². The number of aromatic nitrogens is 2. The number of rotatable bonds is 8. The molecule has 0 N–H and O–H groups in total. The lowest BCUT2D eigenvalue weighted by Crippen LogP contribution is -2.61. The molecule has 0 bridgehead atoms. The van der Waals surface area contributed by atoms with Gasteiger partial charge in [0.2, 0.25) is 0 Å². The van der Waals surface area contributed by atoms with Crippen LogP contribution in [-0.4, -0.2) is 15.8 Å². The van der Waals surface area contributed by atoms with E-state index in [9.17, 15) is 11.0 Å². The van der Waals surface area contributed by atoms with Crippen LogP contribution in [-0.2, 0) is 27.1 Å². The third-order valence-corrected chi connectivity index (χ3v) is 21.1. The molecule has 4 nitrogen and oxygen atoms in total. The summed E-state index contributed by atoms with van der Waals surface area (Å²) in [6.07, 6.45) is 0. The molecule has 0 atom stereocenters. The summed E-state index contributed by atoms with van der Waals surface area (Å²) in [6, 6.07) is 56.9. The molecular formula is C98H91BN4. The number of hydrogen-bond acceptors (Lipinski definition) is 2. The SMILES string of the molecule is [2H]c1c([2H])c([2H])c2c(c1[2H])c1c([2H])c([2H])c([2H])c([2H])c1n2-c1cccc(-c2ccccc2N2c3ccc(-c4cc(C(C)(C)C)cc(C(C)(C)C)c4)cc3B3c4cc(-c5cc(C(C)(C)C)cc(C(C)(C)C)c5)ccc4N(c4ccccc4-c4cccc(-n5c6c([2H])c([2H])c([2H])c([2H])c6c6c([2H])c([2H])c([2H])c([2H])c65)c4)c4cc(C(C)(C)C)cc2c43)c1. The van der Waals surface area contributed by atoms with E-state index in [0.29, 0.717) is 22.5 Å². The Morgan fingerprint density at radius 1 is 0.262 bits per heavy atom. The number of nitrogens with zero attached hydrogens (tertiary/aromatic N) is 4. The van der Waals surface area contributed by atoms with Gasteiger partial charge < -0.3 is 18.9 Å². The molecule has 13 aromatic carbocycles. The molecule has 2 aliphatic heterocycles. The van der Waals surface area contributed by atoms with Crippen LogP contribution in [0.25, 0.3) is 99.5 Å². The lowest BCUT2D eigenvalue weighted by atomic mass is 9.33. The smallest absolute Gasteiger partial charge is 0.252 e. The topological polar surface area (TPSA) is 16.3 Å². The normalized spacial score (nSPS) is 15.5. The largest absolute Gasteiger partial charge is 0.311 e. The van der Waals surface area contributed by atoms with Crippen LogP contribution in [0.5, 0.6) is 0 Å². The lowest BCUT2D eigenvalue weighted by molar-refractivity contribution is 0.568. The Hall–Kier alpha value is -10.9. The number of anilines is 6. The van der Waals surface area contributed by atoms with Gasteiger partial charge in [0.05, 0.1) is 55.4 Å². The summed E-state index contributed by atoms with van der Waals surface area (Å²) in [5.74, 6) is 0. The Bertz CT molecular complexity index is 6320. The fraction of sp³-hybridized carbons (Fsp3) is 0.204. The highest BCUT2D eigenvalue weighted by atomic mass is 15.2. The first-order valence-electron chi connectivity index (χ1n) is 43.7. The van der Waals surface area contributed by atoms with Gasteiger partial charge in [0.25, 0.3) is 6.71 Å². The molecule has 506 valence electrons. The molecule has 0 amide bonds. The molecule has 15 aromatic rings. The molecule has 0 saturated carbocycles. The lowest BCUT2D eigenvalue weighted by Gasteiger charge is -2.46. The zero-order chi connectivity index (χ0) is 85.3. The summed E-state index contributed by atoms with van der Waals surface area (Å²) in [6.45, 7) is 33.3. The molecule has 0 aliphatic carbocycles. The first-order valence-corrected chi connectivity index (χ1v) is 35.7. The van der Waals surface area contributed by atoms with E-state index in [4.69, 9.17) is 11.0 Å². The van der Waals surface area contributed by atoms with Gasteiger partial charge in [-0.2, -0.15) is 0 Å². The molecule has 103 heavy (non-hydrogen) atoms. The molecule has 2 aromatic heterocycles. The Balaban J connectivity index is 0.979. The van der Waals surface area contributed by atoms with E-state index in [2.05, 4.69) is 223 Å². The minimum absolute atomic E-state index is 0.0151. The zero-order valence-electron chi connectivity index (χ0n) is 77.2. The highest BCUT2D eigenvalue weighted by molar-refractivity contribution is 7.00. The highest BCUT2D eigenvalue weighted by Gasteiger charge is 2.46. The van der Waals surface area contributed by atoms with Crippen LogP contribution in [0, 0.1) is 0 Å². The maximum atomic E-state index is 9.52. The van der Waals surface area contributed by atoms with Crippen molar-refractivity contribution in [2.24, 2.45) is 0 Å². The van der Waals surface area contributed by atoms with Crippen molar-refractivity contribution in [1.82, 2.24) is 9.13 Å². The van der Waals surface area contributed by atoms with E-state index in [-0.39, 0.29) is 65.3 Å². The van der Waals surface area contributed by atoms with E-state index in [0.717, 1.165) is 89.5 Å². The van der Waals surface area contributed by atoms with Crippen LogP contribution < -0.4 is 26.2 Å². The van der Waals surface area contributed by atoms with Crippen molar-refractivity contribution in [1.29, 1.82) is 0 Å². The van der Waals surface area contributed by atoms with E-state index in [1.807, 2.05) is 60.7 Å². The molecule has 0 fully saturated rings. The molecule has 4 heterocycles. The van der Waals surface area contributed by atoms with Gasteiger partial charge in [-0.05, 0) is 189 Å². The van der Waals surface area contributed by atoms with Gasteiger partial charge in [0, 0.05) is 66.8 Å². The highest BCUT2D eigenvalue weighted by Crippen LogP contribution is 2.52. The molecule has 0 unspecified atom stereocenters. The molecule has 2 aliphatic rings. The van der Waals surface area contributed by atoms with Gasteiger partial charge in [-0.3, -0.25) is 0 Å². The van der Waals surface area contributed by atoms with E-state index in [1.165, 1.54) is 22.3 Å². The van der Waals surface area contributed by atoms with Gasteiger partial charge >= 0.3 is 0 Å². The summed E-state index contributed by atoms with van der Waals surface area (Å²) in [5, 5.41) is -0.0606. The second kappa shape index (κ2) is 23.9. The maximum absolute atomic E-state index is 9.52. The van der Waals surface area contributed by atoms with Crippen LogP contribution in [0.1, 0.15) is 154 Å². The molecular weight excluding hydrogens is 1240 g/mol. The van der Waals surface area contributed by atoms with Gasteiger partial charge in [-0.1, -0.05) is 298 Å². The molecule has 0 saturated heterocycles. The third kappa shape index (κ3) is 11.1. The van der Waals surface area contributed by atoms with Crippen molar-refractivity contribution < 1.29 is 21.9 Å². The predicted molar refractivity (Wildman–Crippen MR) is 444 cm³/mol. The van der Waals surface area contributed by atoms with Crippen molar-refractivity contribution in [2.75, 3.05) is 9.80 Å². The van der Waals surface area contributed by atoms with Gasteiger partial charge in [-0.25, -0.2) is 0 Å². The van der Waals surface area contributed by atoms with Crippen molar-refractivity contribution in [3.8, 4) is 55.9 Å². The van der Waals surface area contributed by atoms with Crippen LogP contribution in [0.4, 0.5) is 34.1 Å². The van der Waals surface area contributed by atoms with E-state index < -0.39 is 109 Å². The number of hydrogen-bond donors (Lipinski definition) is 0. The Labute approximate surface area is 632 Å². The summed E-state index contributed by atoms with van der Waals surface area (Å²) in [7, 11) is 0. The van der Waals surface area contributed by atoms with Crippen LogP contribution in [0.2, 0.25) is 0 Å². The number of benzene rings is 13. The van der Waals surface area contributed by atoms with Crippen LogP contribution in [0.3, 0.4) is 0 Å². The molecule has 0 spiro atoms. The average molecular weight is 1350 g/mol. The Morgan fingerprint density at radius 3 is 0.922 bits per heavy atom. The van der Waals surface area contributed by atoms with Crippen LogP contribution >= 0.6 is 0 Å². The third-order valence-electron chi connectivity index (χ3n) is 21.1. The standard InChI is InChI=1S/C98H91BN4/c1-94(2,3)68-50-66(51-69(58-68)95(4,5)6)62-46-48-89-81(56-62)99-82-57-63(67-52-70(96(7,8)9)59-71(53-67)97(10,11)12)47-49-90(82)103(84-41-23-17-35-76(84)65-31-29-33-74(55-65)101-87-44-26-20-38-79(87)80-39-21-27-45-88(80)101)92-61-72(98(13,14)15)60-91(93(92)99)102(89)83-40-22-16-34-75(83)64-30-28-32-73(54-64)100-85-42-24-18-36-77(85)78-37-19-25-43-86(78)100/h16-61H,1-15H3/i18D,19D,20D,21D,24D,25D,26D,27D,36D,37D,38D,39D,42D,43D,44D,45D. The molecule has 17 rings (SSSR count). The van der Waals surface area contributed by atoms with Gasteiger partial charge in [0.1, 0.15) is 0 Å². The van der Waals surface area contributed by atoms with Crippen molar-refractivity contribution in [3.05, 3.63) is 306 Å². The number of fused-ring (bicyclic) bond motifs is 10. The Kier molecular flexibility index (Phi) is 11.5. The average Bonchev–Trinajstić information content (AvgIpc) is 1.17. The number of para-hydroxylation sites is 6. The van der Waals surface area contributed by atoms with Crippen molar-refractivity contribution in [3.63, 3.8) is 0 Å². The minimum atomic E-state index is -0.523. The maximum Gasteiger partial charge on any atom is 0.252 e. The second-order valence-electron chi connectivity index (χ2n) is 33.1. The molecule has 0 radical (unpaired) electrons. The van der Waals surface area contributed by atoms with Gasteiger partial charge in [-0.15, -0.1) is 0 Å². The molecule has 5 heteroatoms.